The van der Waals surface area contributed by atoms with Crippen molar-refractivity contribution < 1.29 is 23.9 Å². The second-order valence-electron chi connectivity index (χ2n) is 7.57. The van der Waals surface area contributed by atoms with Gasteiger partial charge in [0.05, 0.1) is 24.6 Å². The molecule has 1 saturated carbocycles. The molecule has 0 radical (unpaired) electrons. The van der Waals surface area contributed by atoms with Gasteiger partial charge in [-0.25, -0.2) is 9.69 Å². The lowest BCUT2D eigenvalue weighted by Crippen LogP contribution is -2.33. The SMILES string of the molecule is COc1ccccc1C(=O)Oc1ccccc1N1C(=O)C2C3C=CC(C3)C2C1=O. The third-order valence-corrected chi connectivity index (χ3v) is 6.11. The summed E-state index contributed by atoms with van der Waals surface area (Å²) in [5.41, 5.74) is 0.572. The van der Waals surface area contributed by atoms with Gasteiger partial charge in [0.1, 0.15) is 11.3 Å². The number of amides is 2. The van der Waals surface area contributed by atoms with E-state index in [-0.39, 0.29) is 46.8 Å². The highest BCUT2D eigenvalue weighted by Crippen LogP contribution is 2.53. The number of ether oxygens (including phenoxy) is 2. The maximum absolute atomic E-state index is 13.1. The summed E-state index contributed by atoms with van der Waals surface area (Å²) in [6.07, 6.45) is 4.97. The van der Waals surface area contributed by atoms with Crippen LogP contribution in [-0.4, -0.2) is 24.9 Å². The Morgan fingerprint density at radius 2 is 1.48 bits per heavy atom. The molecule has 29 heavy (non-hydrogen) atoms. The second-order valence-corrected chi connectivity index (χ2v) is 7.57. The normalized spacial score (nSPS) is 26.7. The number of hydrogen-bond donors (Lipinski definition) is 0. The summed E-state index contributed by atoms with van der Waals surface area (Å²) in [7, 11) is 1.47. The predicted octanol–water partition coefficient (Wildman–Crippen LogP) is 3.23. The number of nitrogens with zero attached hydrogens (tertiary/aromatic N) is 1. The molecule has 2 fully saturated rings. The molecule has 1 heterocycles. The van der Waals surface area contributed by atoms with E-state index in [4.69, 9.17) is 9.47 Å². The van der Waals surface area contributed by atoms with E-state index in [1.165, 1.54) is 12.0 Å². The molecule has 2 aromatic carbocycles. The molecule has 2 bridgehead atoms. The first-order valence-electron chi connectivity index (χ1n) is 9.60. The molecule has 146 valence electrons. The van der Waals surface area contributed by atoms with Crippen molar-refractivity contribution >= 4 is 23.5 Å². The van der Waals surface area contributed by atoms with E-state index in [0.29, 0.717) is 11.4 Å². The minimum absolute atomic E-state index is 0.120. The molecule has 4 unspecified atom stereocenters. The summed E-state index contributed by atoms with van der Waals surface area (Å²) in [5, 5.41) is 0. The number of hydrogen-bond acceptors (Lipinski definition) is 5. The molecule has 1 aliphatic heterocycles. The van der Waals surface area contributed by atoms with Crippen molar-refractivity contribution in [2.45, 2.75) is 6.42 Å². The van der Waals surface area contributed by atoms with Crippen LogP contribution in [-0.2, 0) is 9.59 Å². The molecule has 2 aromatic rings. The average molecular weight is 389 g/mol. The molecule has 6 heteroatoms. The van der Waals surface area contributed by atoms with E-state index >= 15 is 0 Å². The van der Waals surface area contributed by atoms with E-state index in [2.05, 4.69) is 0 Å². The largest absolute Gasteiger partial charge is 0.496 e. The molecule has 0 aromatic heterocycles. The second kappa shape index (κ2) is 6.58. The van der Waals surface area contributed by atoms with Gasteiger partial charge < -0.3 is 9.47 Å². The molecule has 4 atom stereocenters. The molecule has 0 N–H and O–H groups in total. The van der Waals surface area contributed by atoms with Crippen LogP contribution in [0.1, 0.15) is 16.8 Å². The number of para-hydroxylation sites is 3. The molecule has 3 aliphatic rings. The van der Waals surface area contributed by atoms with Crippen molar-refractivity contribution in [2.75, 3.05) is 12.0 Å². The van der Waals surface area contributed by atoms with E-state index < -0.39 is 5.97 Å². The summed E-state index contributed by atoms with van der Waals surface area (Å²) < 4.78 is 10.8. The maximum atomic E-state index is 13.1. The van der Waals surface area contributed by atoms with Crippen molar-refractivity contribution in [3.63, 3.8) is 0 Å². The van der Waals surface area contributed by atoms with Crippen molar-refractivity contribution in [2.24, 2.45) is 23.7 Å². The fourth-order valence-corrected chi connectivity index (χ4v) is 4.84. The van der Waals surface area contributed by atoms with Crippen molar-refractivity contribution in [1.29, 1.82) is 0 Å². The molecular weight excluding hydrogens is 370 g/mol. The Kier molecular flexibility index (Phi) is 4.01. The Hall–Kier alpha value is -3.41. The lowest BCUT2D eigenvalue weighted by molar-refractivity contribution is -0.123. The number of rotatable bonds is 4. The van der Waals surface area contributed by atoms with Crippen molar-refractivity contribution in [1.82, 2.24) is 0 Å². The van der Waals surface area contributed by atoms with E-state index in [9.17, 15) is 14.4 Å². The van der Waals surface area contributed by atoms with Crippen LogP contribution in [0.15, 0.2) is 60.7 Å². The summed E-state index contributed by atoms with van der Waals surface area (Å²) in [6, 6.07) is 13.4. The summed E-state index contributed by atoms with van der Waals surface area (Å²) in [5.74, 6) is -0.854. The first-order chi connectivity index (χ1) is 14.1. The smallest absolute Gasteiger partial charge is 0.347 e. The third kappa shape index (κ3) is 2.59. The number of allylic oxidation sites excluding steroid dienone is 2. The van der Waals surface area contributed by atoms with Crippen molar-refractivity contribution in [3.8, 4) is 11.5 Å². The quantitative estimate of drug-likeness (QED) is 0.347. The third-order valence-electron chi connectivity index (χ3n) is 6.11. The highest BCUT2D eigenvalue weighted by atomic mass is 16.5. The standard InChI is InChI=1S/C23H19NO5/c1-28-17-8-4-2-6-15(17)23(27)29-18-9-5-3-7-16(18)24-21(25)19-13-10-11-14(12-13)20(19)22(24)26/h2-11,13-14,19-20H,12H2,1H3. The fraction of sp³-hybridized carbons (Fsp3) is 0.261. The molecule has 2 amide bonds. The topological polar surface area (TPSA) is 72.9 Å². The Labute approximate surface area is 167 Å². The van der Waals surface area contributed by atoms with Gasteiger partial charge in [0, 0.05) is 0 Å². The molecular formula is C23H19NO5. The van der Waals surface area contributed by atoms with Crippen LogP contribution in [0.4, 0.5) is 5.69 Å². The lowest BCUT2D eigenvalue weighted by Gasteiger charge is -2.20. The van der Waals surface area contributed by atoms with Gasteiger partial charge >= 0.3 is 5.97 Å². The zero-order valence-corrected chi connectivity index (χ0v) is 15.8. The highest BCUT2D eigenvalue weighted by Gasteiger charge is 2.59. The Morgan fingerprint density at radius 1 is 0.897 bits per heavy atom. The minimum Gasteiger partial charge on any atom is -0.496 e. The van der Waals surface area contributed by atoms with Gasteiger partial charge in [-0.15, -0.1) is 0 Å². The lowest BCUT2D eigenvalue weighted by atomic mass is 9.85. The summed E-state index contributed by atoms with van der Waals surface area (Å²) in [4.78, 5) is 40.1. The molecule has 1 saturated heterocycles. The van der Waals surface area contributed by atoms with E-state index in [0.717, 1.165) is 6.42 Å². The number of benzene rings is 2. The predicted molar refractivity (Wildman–Crippen MR) is 105 cm³/mol. The molecule has 5 rings (SSSR count). The maximum Gasteiger partial charge on any atom is 0.347 e. The highest BCUT2D eigenvalue weighted by molar-refractivity contribution is 6.23. The van der Waals surface area contributed by atoms with Gasteiger partial charge in [-0.2, -0.15) is 0 Å². The Balaban J connectivity index is 1.47. The number of carbonyl (C=O) groups excluding carboxylic acids is 3. The molecule has 6 nitrogen and oxygen atoms in total. The van der Waals surface area contributed by atoms with Gasteiger partial charge in [-0.3, -0.25) is 9.59 Å². The van der Waals surface area contributed by atoms with Gasteiger partial charge in [0.2, 0.25) is 11.8 Å². The van der Waals surface area contributed by atoms with Crippen LogP contribution in [0.5, 0.6) is 11.5 Å². The average Bonchev–Trinajstić information content (AvgIpc) is 3.42. The number of esters is 1. The summed E-state index contributed by atoms with van der Waals surface area (Å²) in [6.45, 7) is 0. The number of anilines is 1. The van der Waals surface area contributed by atoms with Gasteiger partial charge in [-0.05, 0) is 42.5 Å². The zero-order chi connectivity index (χ0) is 20.1. The number of carbonyl (C=O) groups is 3. The van der Waals surface area contributed by atoms with E-state index in [1.54, 1.807) is 48.5 Å². The minimum atomic E-state index is -0.615. The Morgan fingerprint density at radius 3 is 2.14 bits per heavy atom. The van der Waals surface area contributed by atoms with Crippen LogP contribution in [0.2, 0.25) is 0 Å². The monoisotopic (exact) mass is 389 g/mol. The van der Waals surface area contributed by atoms with Crippen LogP contribution in [0.25, 0.3) is 0 Å². The molecule has 0 spiro atoms. The Bertz CT molecular complexity index is 1030. The first kappa shape index (κ1) is 17.7. The van der Waals surface area contributed by atoms with Gasteiger partial charge in [0.15, 0.2) is 5.75 Å². The first-order valence-corrected chi connectivity index (χ1v) is 9.60. The van der Waals surface area contributed by atoms with Crippen LogP contribution in [0, 0.1) is 23.7 Å². The van der Waals surface area contributed by atoms with Crippen molar-refractivity contribution in [3.05, 3.63) is 66.2 Å². The van der Waals surface area contributed by atoms with E-state index in [1.807, 2.05) is 12.2 Å². The van der Waals surface area contributed by atoms with Gasteiger partial charge in [0.25, 0.3) is 0 Å². The summed E-state index contributed by atoms with van der Waals surface area (Å²) >= 11 is 0. The number of methoxy groups -OCH3 is 1. The fourth-order valence-electron chi connectivity index (χ4n) is 4.84. The van der Waals surface area contributed by atoms with Crippen LogP contribution >= 0.6 is 0 Å². The van der Waals surface area contributed by atoms with Gasteiger partial charge in [-0.1, -0.05) is 36.4 Å². The molecule has 2 aliphatic carbocycles. The van der Waals surface area contributed by atoms with Crippen LogP contribution in [0.3, 0.4) is 0 Å². The number of imide groups is 1. The zero-order valence-electron chi connectivity index (χ0n) is 15.8. The number of fused-ring (bicyclic) bond motifs is 5. The van der Waals surface area contributed by atoms with Crippen LogP contribution < -0.4 is 14.4 Å².